The molecular formula is C38H62N6O7S. The number of nitrogens with zero attached hydrogens (tertiary/aromatic N) is 2. The van der Waals surface area contributed by atoms with Crippen LogP contribution in [0.2, 0.25) is 0 Å². The number of amides is 5. The first-order chi connectivity index (χ1) is 24.3. The molecule has 0 bridgehead atoms. The molecule has 6 rings (SSSR count). The number of fused-ring (bicyclic) bond motifs is 1. The fraction of sp³-hybridized carbons (Fsp3) is 0.868. The van der Waals surface area contributed by atoms with Crippen LogP contribution in [0.4, 0.5) is 4.79 Å². The summed E-state index contributed by atoms with van der Waals surface area (Å²) < 4.78 is 29.0. The van der Waals surface area contributed by atoms with Gasteiger partial charge in [-0.2, -0.15) is 0 Å². The van der Waals surface area contributed by atoms with Crippen LogP contribution in [0.25, 0.3) is 0 Å². The predicted octanol–water partition coefficient (Wildman–Crippen LogP) is 3.22. The Bertz CT molecular complexity index is 1540. The van der Waals surface area contributed by atoms with Crippen molar-refractivity contribution in [1.29, 1.82) is 0 Å². The second-order valence-electron chi connectivity index (χ2n) is 18.6. The molecule has 1 saturated heterocycles. The fourth-order valence-electron chi connectivity index (χ4n) is 8.99. The summed E-state index contributed by atoms with van der Waals surface area (Å²) in [6, 6.07) is -3.46. The van der Waals surface area contributed by atoms with E-state index in [4.69, 9.17) is 0 Å². The maximum absolute atomic E-state index is 14.6. The molecule has 13 nitrogen and oxygen atoms in total. The van der Waals surface area contributed by atoms with Crippen molar-refractivity contribution < 1.29 is 32.4 Å². The van der Waals surface area contributed by atoms with Gasteiger partial charge in [-0.3, -0.25) is 19.2 Å². The van der Waals surface area contributed by atoms with E-state index < -0.39 is 73.9 Å². The van der Waals surface area contributed by atoms with Crippen molar-refractivity contribution in [3.05, 3.63) is 0 Å². The molecule has 1 aliphatic heterocycles. The molecule has 5 amide bonds. The van der Waals surface area contributed by atoms with Crippen molar-refractivity contribution >= 4 is 39.6 Å². The van der Waals surface area contributed by atoms with E-state index in [1.54, 1.807) is 18.9 Å². The lowest BCUT2D eigenvalue weighted by atomic mass is 9.79. The summed E-state index contributed by atoms with van der Waals surface area (Å²) in [5.74, 6) is -1.74. The zero-order valence-corrected chi connectivity index (χ0v) is 33.1. The van der Waals surface area contributed by atoms with Crippen LogP contribution < -0.4 is 21.3 Å². The average molecular weight is 747 g/mol. The Balaban J connectivity index is 1.19. The van der Waals surface area contributed by atoms with E-state index in [1.807, 2.05) is 20.8 Å². The highest BCUT2D eigenvalue weighted by atomic mass is 32.2. The Morgan fingerprint density at radius 3 is 2.12 bits per heavy atom. The summed E-state index contributed by atoms with van der Waals surface area (Å²) in [5, 5.41) is 10.8. The van der Waals surface area contributed by atoms with Gasteiger partial charge in [0, 0.05) is 25.7 Å². The number of ketones is 1. The minimum absolute atomic E-state index is 0.00176. The lowest BCUT2D eigenvalue weighted by Crippen LogP contribution is -2.66. The summed E-state index contributed by atoms with van der Waals surface area (Å²) in [7, 11) is -2.08. The van der Waals surface area contributed by atoms with Gasteiger partial charge in [-0.25, -0.2) is 17.5 Å². The molecule has 1 heterocycles. The first kappa shape index (κ1) is 39.0. The largest absolute Gasteiger partial charge is 0.347 e. The van der Waals surface area contributed by atoms with Crippen LogP contribution >= 0.6 is 0 Å². The molecule has 292 valence electrons. The molecule has 6 atom stereocenters. The van der Waals surface area contributed by atoms with Crippen molar-refractivity contribution in [2.75, 3.05) is 13.6 Å². The number of piperidine rings is 1. The topological polar surface area (TPSA) is 174 Å². The lowest BCUT2D eigenvalue weighted by molar-refractivity contribution is -0.145. The molecule has 5 aliphatic carbocycles. The van der Waals surface area contributed by atoms with E-state index in [0.29, 0.717) is 31.7 Å². The summed E-state index contributed by atoms with van der Waals surface area (Å²) in [6.45, 7) is 11.7. The van der Waals surface area contributed by atoms with Crippen molar-refractivity contribution in [2.45, 2.75) is 166 Å². The van der Waals surface area contributed by atoms with Crippen molar-refractivity contribution in [3.63, 3.8) is 0 Å². The van der Waals surface area contributed by atoms with Crippen LogP contribution in [0.5, 0.6) is 0 Å². The number of nitrogens with one attached hydrogen (secondary N) is 4. The monoisotopic (exact) mass is 746 g/mol. The molecule has 0 aromatic rings. The summed E-state index contributed by atoms with van der Waals surface area (Å²) in [6.07, 6.45) is 10.2. The van der Waals surface area contributed by atoms with E-state index in [2.05, 4.69) is 35.1 Å². The second kappa shape index (κ2) is 14.2. The zero-order chi connectivity index (χ0) is 38.0. The molecule has 0 radical (unpaired) electrons. The van der Waals surface area contributed by atoms with E-state index in [-0.39, 0.29) is 29.3 Å². The molecule has 0 unspecified atom stereocenters. The first-order valence-corrected chi connectivity index (χ1v) is 21.3. The van der Waals surface area contributed by atoms with E-state index >= 15 is 0 Å². The predicted molar refractivity (Wildman–Crippen MR) is 196 cm³/mol. The van der Waals surface area contributed by atoms with Crippen molar-refractivity contribution in [1.82, 2.24) is 30.5 Å². The minimum Gasteiger partial charge on any atom is -0.347 e. The third-order valence-electron chi connectivity index (χ3n) is 13.3. The Hall–Kier alpha value is -2.74. The number of carbonyl (C=O) groups is 5. The molecule has 0 aromatic carbocycles. The highest BCUT2D eigenvalue weighted by molar-refractivity contribution is 7.89. The van der Waals surface area contributed by atoms with Gasteiger partial charge in [-0.05, 0) is 86.9 Å². The summed E-state index contributed by atoms with van der Waals surface area (Å²) in [5.41, 5.74) is -1.95. The molecule has 4 N–H and O–H groups in total. The number of rotatable bonds is 15. The van der Waals surface area contributed by atoms with Crippen LogP contribution in [-0.2, 0) is 29.2 Å². The fourth-order valence-corrected chi connectivity index (χ4v) is 11.0. The zero-order valence-electron chi connectivity index (χ0n) is 32.3. The maximum atomic E-state index is 14.6. The van der Waals surface area contributed by atoms with Crippen LogP contribution in [0, 0.1) is 28.6 Å². The normalized spacial score (nSPS) is 28.2. The molecule has 0 spiro atoms. The van der Waals surface area contributed by atoms with Gasteiger partial charge in [-0.15, -0.1) is 0 Å². The van der Waals surface area contributed by atoms with Crippen molar-refractivity contribution in [3.8, 4) is 0 Å². The van der Waals surface area contributed by atoms with Crippen molar-refractivity contribution in [2.24, 2.45) is 28.6 Å². The molecule has 14 heteroatoms. The van der Waals surface area contributed by atoms with Crippen LogP contribution in [-0.4, -0.2) is 102 Å². The molecule has 6 aliphatic rings. The first-order valence-electron chi connectivity index (χ1n) is 19.8. The molecule has 6 fully saturated rings. The summed E-state index contributed by atoms with van der Waals surface area (Å²) in [4.78, 5) is 70.6. The third kappa shape index (κ3) is 8.03. The smallest absolute Gasteiger partial charge is 0.315 e. The number of carbonyl (C=O) groups excluding carboxylic acids is 5. The van der Waals surface area contributed by atoms with Crippen LogP contribution in [0.1, 0.15) is 125 Å². The number of urea groups is 1. The average Bonchev–Trinajstić information content (AvgIpc) is 3.89. The van der Waals surface area contributed by atoms with Gasteiger partial charge in [-0.1, -0.05) is 66.7 Å². The summed E-state index contributed by atoms with van der Waals surface area (Å²) >= 11 is 0. The van der Waals surface area contributed by atoms with E-state index in [9.17, 15) is 32.4 Å². The van der Waals surface area contributed by atoms with Gasteiger partial charge in [0.1, 0.15) is 12.1 Å². The number of hydrogen-bond acceptors (Lipinski definition) is 7. The van der Waals surface area contributed by atoms with Gasteiger partial charge < -0.3 is 26.2 Å². The third-order valence-corrected chi connectivity index (χ3v) is 15.7. The second-order valence-corrected chi connectivity index (χ2v) is 20.9. The van der Waals surface area contributed by atoms with Gasteiger partial charge in [0.05, 0.1) is 16.8 Å². The number of Topliss-reactive ketones (excluding diaryl/α,β-unsaturated/α-hetero) is 1. The number of hydrogen-bond donors (Lipinski definition) is 4. The molecule has 0 aromatic heterocycles. The highest BCUT2D eigenvalue weighted by Gasteiger charge is 2.70. The molecular weight excluding hydrogens is 685 g/mol. The van der Waals surface area contributed by atoms with Gasteiger partial charge in [0.25, 0.3) is 5.91 Å². The molecule has 52 heavy (non-hydrogen) atoms. The number of sulfonamides is 1. The van der Waals surface area contributed by atoms with Crippen LogP contribution in [0.3, 0.4) is 0 Å². The number of likely N-dealkylation sites (tertiary alicyclic amines) is 1. The highest BCUT2D eigenvalue weighted by Crippen LogP contribution is 2.65. The van der Waals surface area contributed by atoms with Crippen LogP contribution in [0.15, 0.2) is 0 Å². The quantitative estimate of drug-likeness (QED) is 0.186. The van der Waals surface area contributed by atoms with E-state index in [0.717, 1.165) is 64.2 Å². The Morgan fingerprint density at radius 1 is 0.923 bits per heavy atom. The van der Waals surface area contributed by atoms with Gasteiger partial charge in [0.15, 0.2) is 0 Å². The van der Waals surface area contributed by atoms with E-state index in [1.165, 1.54) is 4.31 Å². The lowest BCUT2D eigenvalue weighted by Gasteiger charge is -2.44. The SMILES string of the molecule is C[C@H](C1(NC(=O)N[C@H](C(=O)N2C[C@H]3[C@@H]([C@H]2C(=O)N[C@@H](CCC2CC2)C(=O)C(=O)NC2CC2)C3(C)C)C(C)(C)C)CCCCC1)S(=O)(=O)N(C)C1CC1. The Labute approximate surface area is 309 Å². The standard InChI is InChI=1S/C38H62N6O7S/c1-22(52(50,51)43(7)25-16-17-25)38(19-9-8-10-20-38)42-35(49)41-31(36(2,3)4)34(48)44-21-26-28(37(26,5)6)29(44)32(46)40-27(18-13-23-11-12-23)30(45)33(47)39-24-14-15-24/h22-29,31H,8-21H2,1-7H3,(H,39,47)(H,40,46)(H2,41,42,49)/t22-,26+,27+,28+,29+,31-/m1/s1. The Kier molecular flexibility index (Phi) is 10.6. The maximum Gasteiger partial charge on any atom is 0.315 e. The van der Waals surface area contributed by atoms with Gasteiger partial charge >= 0.3 is 6.03 Å². The minimum atomic E-state index is -3.70. The Morgan fingerprint density at radius 2 is 1.56 bits per heavy atom. The molecule has 5 saturated carbocycles. The van der Waals surface area contributed by atoms with Gasteiger partial charge in [0.2, 0.25) is 27.6 Å².